The molecule has 116 valence electrons. The fourth-order valence-corrected chi connectivity index (χ4v) is 1.87. The van der Waals surface area contributed by atoms with Gasteiger partial charge in [-0.2, -0.15) is 0 Å². The summed E-state index contributed by atoms with van der Waals surface area (Å²) >= 11 is 0. The molecule has 0 spiro atoms. The molecule has 0 atom stereocenters. The Hall–Kier alpha value is -1.91. The van der Waals surface area contributed by atoms with E-state index in [-0.39, 0.29) is 12.1 Å². The van der Waals surface area contributed by atoms with Crippen LogP contribution in [0.2, 0.25) is 0 Å². The van der Waals surface area contributed by atoms with Crippen LogP contribution in [0.5, 0.6) is 0 Å². The summed E-state index contributed by atoms with van der Waals surface area (Å²) in [5.74, 6) is -1.60. The number of hydrogen-bond donors (Lipinski definition) is 0. The van der Waals surface area contributed by atoms with Gasteiger partial charge in [-0.3, -0.25) is 9.59 Å². The lowest BCUT2D eigenvalue weighted by atomic mass is 10.2. The molecule has 0 aliphatic carbocycles. The second-order valence-electron chi connectivity index (χ2n) is 4.92. The van der Waals surface area contributed by atoms with Crippen molar-refractivity contribution in [3.05, 3.63) is 35.6 Å². The summed E-state index contributed by atoms with van der Waals surface area (Å²) in [6.45, 7) is 2.29. The minimum absolute atomic E-state index is 0.0456. The van der Waals surface area contributed by atoms with Gasteiger partial charge in [0.25, 0.3) is 5.91 Å². The van der Waals surface area contributed by atoms with Gasteiger partial charge in [-0.25, -0.2) is 4.39 Å². The molecule has 0 saturated carbocycles. The summed E-state index contributed by atoms with van der Waals surface area (Å²) in [6.07, 6.45) is 4.08. The number of carbonyl (C=O) groups is 2. The topological polar surface area (TPSA) is 46.6 Å². The summed E-state index contributed by atoms with van der Waals surface area (Å²) in [5.41, 5.74) is -0.0456. The van der Waals surface area contributed by atoms with Gasteiger partial charge in [0.15, 0.2) is 0 Å². The number of ether oxygens (including phenoxy) is 1. The van der Waals surface area contributed by atoms with Crippen LogP contribution in [0.25, 0.3) is 0 Å². The molecule has 1 aromatic rings. The molecular weight excluding hydrogens is 273 g/mol. The van der Waals surface area contributed by atoms with E-state index in [1.165, 1.54) is 25.2 Å². The SMILES string of the molecule is CCCCCCOC(=O)CN(C)C(=O)c1ccccc1F. The van der Waals surface area contributed by atoms with Gasteiger partial charge in [-0.1, -0.05) is 38.3 Å². The lowest BCUT2D eigenvalue weighted by Crippen LogP contribution is -2.33. The van der Waals surface area contributed by atoms with Gasteiger partial charge in [-0.05, 0) is 18.6 Å². The fourth-order valence-electron chi connectivity index (χ4n) is 1.87. The van der Waals surface area contributed by atoms with Crippen molar-refractivity contribution in [1.29, 1.82) is 0 Å². The number of nitrogens with zero attached hydrogens (tertiary/aromatic N) is 1. The molecule has 0 aliphatic rings. The summed E-state index contributed by atoms with van der Waals surface area (Å²) < 4.78 is 18.5. The molecule has 0 bridgehead atoms. The van der Waals surface area contributed by atoms with E-state index in [0.29, 0.717) is 6.61 Å². The molecule has 4 nitrogen and oxygen atoms in total. The Labute approximate surface area is 124 Å². The summed E-state index contributed by atoms with van der Waals surface area (Å²) in [7, 11) is 1.45. The Morgan fingerprint density at radius 1 is 1.19 bits per heavy atom. The Kier molecular flexibility index (Phi) is 7.43. The number of hydrogen-bond acceptors (Lipinski definition) is 3. The van der Waals surface area contributed by atoms with Gasteiger partial charge in [0.2, 0.25) is 0 Å². The maximum Gasteiger partial charge on any atom is 0.325 e. The van der Waals surface area contributed by atoms with Crippen LogP contribution in [0.4, 0.5) is 4.39 Å². The van der Waals surface area contributed by atoms with E-state index in [9.17, 15) is 14.0 Å². The highest BCUT2D eigenvalue weighted by atomic mass is 19.1. The lowest BCUT2D eigenvalue weighted by molar-refractivity contribution is -0.144. The van der Waals surface area contributed by atoms with E-state index in [1.54, 1.807) is 6.07 Å². The monoisotopic (exact) mass is 295 g/mol. The Bertz CT molecular complexity index is 476. The average Bonchev–Trinajstić information content (AvgIpc) is 2.46. The third-order valence-corrected chi connectivity index (χ3v) is 3.08. The predicted molar refractivity (Wildman–Crippen MR) is 78.5 cm³/mol. The summed E-state index contributed by atoms with van der Waals surface area (Å²) in [4.78, 5) is 24.8. The van der Waals surface area contributed by atoms with E-state index in [4.69, 9.17) is 4.74 Å². The first-order chi connectivity index (χ1) is 10.1. The van der Waals surface area contributed by atoms with Crippen molar-refractivity contribution in [2.24, 2.45) is 0 Å². The summed E-state index contributed by atoms with van der Waals surface area (Å²) in [6, 6.07) is 5.70. The van der Waals surface area contributed by atoms with E-state index >= 15 is 0 Å². The van der Waals surface area contributed by atoms with E-state index in [2.05, 4.69) is 6.92 Å². The van der Waals surface area contributed by atoms with Crippen molar-refractivity contribution in [1.82, 2.24) is 4.90 Å². The minimum atomic E-state index is -0.595. The molecule has 5 heteroatoms. The summed E-state index contributed by atoms with van der Waals surface area (Å²) in [5, 5.41) is 0. The molecule has 0 N–H and O–H groups in total. The maximum atomic E-state index is 13.5. The third kappa shape index (κ3) is 5.94. The molecule has 0 aromatic heterocycles. The zero-order valence-electron chi connectivity index (χ0n) is 12.6. The third-order valence-electron chi connectivity index (χ3n) is 3.08. The number of likely N-dealkylation sites (N-methyl/N-ethyl adjacent to an activating group) is 1. The lowest BCUT2D eigenvalue weighted by Gasteiger charge is -2.16. The van der Waals surface area contributed by atoms with Crippen LogP contribution in [0.3, 0.4) is 0 Å². The second-order valence-corrected chi connectivity index (χ2v) is 4.92. The van der Waals surface area contributed by atoms with Gasteiger partial charge in [0, 0.05) is 7.05 Å². The largest absolute Gasteiger partial charge is 0.464 e. The molecule has 1 amide bonds. The number of benzene rings is 1. The van der Waals surface area contributed by atoms with Gasteiger partial charge in [0.1, 0.15) is 12.4 Å². The normalized spacial score (nSPS) is 10.2. The molecular formula is C16H22FNO3. The van der Waals surface area contributed by atoms with Gasteiger partial charge < -0.3 is 9.64 Å². The maximum absolute atomic E-state index is 13.5. The second kappa shape index (κ2) is 9.10. The Morgan fingerprint density at radius 3 is 2.57 bits per heavy atom. The molecule has 1 rings (SSSR count). The number of amides is 1. The number of rotatable bonds is 8. The molecule has 0 fully saturated rings. The Morgan fingerprint density at radius 2 is 1.90 bits per heavy atom. The zero-order chi connectivity index (χ0) is 15.7. The smallest absolute Gasteiger partial charge is 0.325 e. The van der Waals surface area contributed by atoms with Crippen molar-refractivity contribution >= 4 is 11.9 Å². The van der Waals surface area contributed by atoms with E-state index in [1.807, 2.05) is 0 Å². The van der Waals surface area contributed by atoms with E-state index < -0.39 is 17.7 Å². The first kappa shape index (κ1) is 17.1. The highest BCUT2D eigenvalue weighted by molar-refractivity contribution is 5.96. The van der Waals surface area contributed by atoms with Crippen LogP contribution >= 0.6 is 0 Å². The predicted octanol–water partition coefficient (Wildman–Crippen LogP) is 3.02. The first-order valence-electron chi connectivity index (χ1n) is 7.22. The first-order valence-corrected chi connectivity index (χ1v) is 7.22. The van der Waals surface area contributed by atoms with Crippen molar-refractivity contribution in [2.75, 3.05) is 20.2 Å². The van der Waals surface area contributed by atoms with Gasteiger partial charge in [-0.15, -0.1) is 0 Å². The number of halogens is 1. The highest BCUT2D eigenvalue weighted by Crippen LogP contribution is 2.09. The standard InChI is InChI=1S/C16H22FNO3/c1-3-4-5-8-11-21-15(19)12-18(2)16(20)13-9-6-7-10-14(13)17/h6-7,9-10H,3-5,8,11-12H2,1-2H3. The van der Waals surface area contributed by atoms with Crippen LogP contribution in [0, 0.1) is 5.82 Å². The molecule has 0 aliphatic heterocycles. The molecule has 0 unspecified atom stereocenters. The van der Waals surface area contributed by atoms with Crippen molar-refractivity contribution in [2.45, 2.75) is 32.6 Å². The molecule has 0 saturated heterocycles. The molecule has 0 radical (unpaired) electrons. The highest BCUT2D eigenvalue weighted by Gasteiger charge is 2.18. The van der Waals surface area contributed by atoms with Crippen LogP contribution in [0.1, 0.15) is 43.0 Å². The van der Waals surface area contributed by atoms with Crippen molar-refractivity contribution in [3.63, 3.8) is 0 Å². The van der Waals surface area contributed by atoms with Gasteiger partial charge >= 0.3 is 5.97 Å². The number of unbranched alkanes of at least 4 members (excludes halogenated alkanes) is 3. The van der Waals surface area contributed by atoms with Crippen LogP contribution in [-0.4, -0.2) is 37.0 Å². The van der Waals surface area contributed by atoms with Crippen LogP contribution in [0.15, 0.2) is 24.3 Å². The number of esters is 1. The minimum Gasteiger partial charge on any atom is -0.464 e. The fraction of sp³-hybridized carbons (Fsp3) is 0.500. The van der Waals surface area contributed by atoms with E-state index in [0.717, 1.165) is 30.6 Å². The zero-order valence-corrected chi connectivity index (χ0v) is 12.6. The quantitative estimate of drug-likeness (QED) is 0.547. The van der Waals surface area contributed by atoms with Crippen LogP contribution < -0.4 is 0 Å². The van der Waals surface area contributed by atoms with Crippen molar-refractivity contribution in [3.8, 4) is 0 Å². The Balaban J connectivity index is 2.38. The van der Waals surface area contributed by atoms with Crippen LogP contribution in [-0.2, 0) is 9.53 Å². The molecule has 1 aromatic carbocycles. The molecule has 21 heavy (non-hydrogen) atoms. The van der Waals surface area contributed by atoms with Gasteiger partial charge in [0.05, 0.1) is 12.2 Å². The molecule has 0 heterocycles. The number of carbonyl (C=O) groups excluding carboxylic acids is 2. The van der Waals surface area contributed by atoms with Crippen molar-refractivity contribution < 1.29 is 18.7 Å². The average molecular weight is 295 g/mol.